The van der Waals surface area contributed by atoms with Gasteiger partial charge in [-0.05, 0) is 53.0 Å². The number of nitrogens with zero attached hydrogens (tertiary/aromatic N) is 1. The zero-order chi connectivity index (χ0) is 17.8. The highest BCUT2D eigenvalue weighted by atomic mass is 79.9. The smallest absolute Gasteiger partial charge is 0.277 e. The van der Waals surface area contributed by atoms with E-state index in [1.165, 1.54) is 6.21 Å². The van der Waals surface area contributed by atoms with Crippen molar-refractivity contribution in [1.82, 2.24) is 5.43 Å². The molecule has 2 aromatic rings. The van der Waals surface area contributed by atoms with Crippen LogP contribution in [0.3, 0.4) is 0 Å². The van der Waals surface area contributed by atoms with Gasteiger partial charge in [0, 0.05) is 10.0 Å². The molecule has 7 heteroatoms. The molecule has 2 aromatic carbocycles. The van der Waals surface area contributed by atoms with E-state index in [0.29, 0.717) is 11.5 Å². The lowest BCUT2D eigenvalue weighted by Gasteiger charge is -2.10. The molecule has 1 amide bonds. The molecule has 0 atom stereocenters. The van der Waals surface area contributed by atoms with Gasteiger partial charge in [-0.1, -0.05) is 18.2 Å². The summed E-state index contributed by atoms with van der Waals surface area (Å²) < 4.78 is 17.0. The average molecular weight is 405 g/mol. The molecular weight excluding hydrogens is 388 g/mol. The van der Waals surface area contributed by atoms with Gasteiger partial charge in [0.25, 0.3) is 5.91 Å². The van der Waals surface area contributed by atoms with Gasteiger partial charge in [0.2, 0.25) is 6.79 Å². The second-order valence-electron chi connectivity index (χ2n) is 5.53. The van der Waals surface area contributed by atoms with Crippen LogP contribution in [0.1, 0.15) is 16.7 Å². The third kappa shape index (κ3) is 4.11. The summed E-state index contributed by atoms with van der Waals surface area (Å²) in [5.41, 5.74) is 5.19. The molecule has 0 aliphatic carbocycles. The monoisotopic (exact) mass is 404 g/mol. The number of carbonyl (C=O) groups is 1. The number of ether oxygens (including phenoxy) is 3. The molecule has 1 aliphatic rings. The SMILES string of the molecule is Cc1cccc(C)c1OCC(=O)N/N=C\c1cc2c(cc1Br)OCO2. The van der Waals surface area contributed by atoms with Crippen molar-refractivity contribution in [2.45, 2.75) is 13.8 Å². The number of rotatable bonds is 5. The Morgan fingerprint density at radius 1 is 1.28 bits per heavy atom. The molecule has 0 radical (unpaired) electrons. The highest BCUT2D eigenvalue weighted by Gasteiger charge is 2.15. The van der Waals surface area contributed by atoms with Crippen LogP contribution in [0.15, 0.2) is 39.9 Å². The molecule has 0 unspecified atom stereocenters. The summed E-state index contributed by atoms with van der Waals surface area (Å²) in [5.74, 6) is 1.71. The maximum atomic E-state index is 11.9. The second kappa shape index (κ2) is 7.57. The van der Waals surface area contributed by atoms with Gasteiger partial charge < -0.3 is 14.2 Å². The van der Waals surface area contributed by atoms with E-state index in [0.717, 1.165) is 26.9 Å². The summed E-state index contributed by atoms with van der Waals surface area (Å²) in [6.07, 6.45) is 1.53. The van der Waals surface area contributed by atoms with Crippen molar-refractivity contribution in [2.24, 2.45) is 5.10 Å². The van der Waals surface area contributed by atoms with Crippen LogP contribution < -0.4 is 19.6 Å². The molecule has 0 saturated carbocycles. The van der Waals surface area contributed by atoms with Crippen LogP contribution in [0.25, 0.3) is 0 Å². The Morgan fingerprint density at radius 3 is 2.68 bits per heavy atom. The number of aryl methyl sites for hydroxylation is 2. The molecule has 0 saturated heterocycles. The van der Waals surface area contributed by atoms with Crippen molar-refractivity contribution in [3.05, 3.63) is 51.5 Å². The van der Waals surface area contributed by atoms with Gasteiger partial charge in [0.05, 0.1) is 6.21 Å². The van der Waals surface area contributed by atoms with Crippen LogP contribution in [0.5, 0.6) is 17.2 Å². The highest BCUT2D eigenvalue weighted by Crippen LogP contribution is 2.36. The van der Waals surface area contributed by atoms with Crippen LogP contribution in [-0.2, 0) is 4.79 Å². The molecule has 0 spiro atoms. The number of para-hydroxylation sites is 1. The molecule has 0 aromatic heterocycles. The van der Waals surface area contributed by atoms with Crippen molar-refractivity contribution in [1.29, 1.82) is 0 Å². The van der Waals surface area contributed by atoms with E-state index >= 15 is 0 Å². The van der Waals surface area contributed by atoms with Gasteiger partial charge in [0.1, 0.15) is 5.75 Å². The first-order valence-electron chi connectivity index (χ1n) is 7.64. The lowest BCUT2D eigenvalue weighted by atomic mass is 10.1. The van der Waals surface area contributed by atoms with Crippen LogP contribution in [0.2, 0.25) is 0 Å². The molecule has 25 heavy (non-hydrogen) atoms. The molecule has 1 aliphatic heterocycles. The summed E-state index contributed by atoms with van der Waals surface area (Å²) >= 11 is 3.43. The van der Waals surface area contributed by atoms with Gasteiger partial charge in [-0.15, -0.1) is 0 Å². The van der Waals surface area contributed by atoms with E-state index < -0.39 is 0 Å². The molecule has 0 bridgehead atoms. The van der Waals surface area contributed by atoms with Gasteiger partial charge in [-0.3, -0.25) is 4.79 Å². The quantitative estimate of drug-likeness (QED) is 0.612. The number of hydrogen-bond donors (Lipinski definition) is 1. The second-order valence-corrected chi connectivity index (χ2v) is 6.38. The lowest BCUT2D eigenvalue weighted by molar-refractivity contribution is -0.123. The summed E-state index contributed by atoms with van der Waals surface area (Å²) in [7, 11) is 0. The Labute approximate surface area is 153 Å². The summed E-state index contributed by atoms with van der Waals surface area (Å²) in [6, 6.07) is 9.42. The number of benzene rings is 2. The third-order valence-corrected chi connectivity index (χ3v) is 4.33. The van der Waals surface area contributed by atoms with E-state index in [2.05, 4.69) is 26.5 Å². The molecule has 0 fully saturated rings. The fourth-order valence-corrected chi connectivity index (χ4v) is 2.83. The minimum absolute atomic E-state index is 0.106. The maximum Gasteiger partial charge on any atom is 0.277 e. The lowest BCUT2D eigenvalue weighted by Crippen LogP contribution is -2.25. The number of amides is 1. The molecular formula is C18H17BrN2O4. The first-order chi connectivity index (χ1) is 12.0. The molecule has 6 nitrogen and oxygen atoms in total. The van der Waals surface area contributed by atoms with Crippen molar-refractivity contribution in [2.75, 3.05) is 13.4 Å². The zero-order valence-corrected chi connectivity index (χ0v) is 15.4. The number of nitrogens with one attached hydrogen (secondary N) is 1. The molecule has 1 N–H and O–H groups in total. The minimum Gasteiger partial charge on any atom is -0.483 e. The van der Waals surface area contributed by atoms with Crippen LogP contribution >= 0.6 is 15.9 Å². The van der Waals surface area contributed by atoms with Gasteiger partial charge in [-0.2, -0.15) is 5.10 Å². The highest BCUT2D eigenvalue weighted by molar-refractivity contribution is 9.10. The number of carbonyl (C=O) groups excluding carboxylic acids is 1. The molecule has 1 heterocycles. The topological polar surface area (TPSA) is 69.2 Å². The Balaban J connectivity index is 1.57. The van der Waals surface area contributed by atoms with Crippen molar-refractivity contribution in [3.63, 3.8) is 0 Å². The van der Waals surface area contributed by atoms with Gasteiger partial charge >= 0.3 is 0 Å². The van der Waals surface area contributed by atoms with E-state index in [1.54, 1.807) is 12.1 Å². The predicted molar refractivity (Wildman–Crippen MR) is 97.4 cm³/mol. The first kappa shape index (κ1) is 17.3. The number of hydrazone groups is 1. The average Bonchev–Trinajstić information content (AvgIpc) is 3.01. The standard InChI is InChI=1S/C18H17BrN2O4/c1-11-4-3-5-12(2)18(11)23-9-17(22)21-20-8-13-6-15-16(7-14(13)19)25-10-24-15/h3-8H,9-10H2,1-2H3,(H,21,22)/b20-8-. The van der Waals surface area contributed by atoms with Crippen LogP contribution in [-0.4, -0.2) is 25.5 Å². The summed E-state index contributed by atoms with van der Waals surface area (Å²) in [4.78, 5) is 11.9. The summed E-state index contributed by atoms with van der Waals surface area (Å²) in [5, 5.41) is 3.95. The molecule has 3 rings (SSSR count). The van der Waals surface area contributed by atoms with E-state index in [4.69, 9.17) is 14.2 Å². The van der Waals surface area contributed by atoms with Crippen molar-refractivity contribution < 1.29 is 19.0 Å². The first-order valence-corrected chi connectivity index (χ1v) is 8.44. The Morgan fingerprint density at radius 2 is 1.96 bits per heavy atom. The Bertz CT molecular complexity index is 816. The van der Waals surface area contributed by atoms with Crippen LogP contribution in [0, 0.1) is 13.8 Å². The van der Waals surface area contributed by atoms with Crippen molar-refractivity contribution >= 4 is 28.1 Å². The van der Waals surface area contributed by atoms with E-state index in [9.17, 15) is 4.79 Å². The zero-order valence-electron chi connectivity index (χ0n) is 13.8. The normalized spacial score (nSPS) is 12.4. The summed E-state index contributed by atoms with van der Waals surface area (Å²) in [6.45, 7) is 3.98. The maximum absolute atomic E-state index is 11.9. The van der Waals surface area contributed by atoms with E-state index in [-0.39, 0.29) is 19.3 Å². The third-order valence-electron chi connectivity index (χ3n) is 3.64. The number of hydrogen-bond acceptors (Lipinski definition) is 5. The minimum atomic E-state index is -0.337. The Hall–Kier alpha value is -2.54. The fraction of sp³-hybridized carbons (Fsp3) is 0.222. The fourth-order valence-electron chi connectivity index (χ4n) is 2.40. The predicted octanol–water partition coefficient (Wildman–Crippen LogP) is 3.32. The van der Waals surface area contributed by atoms with Gasteiger partial charge in [-0.25, -0.2) is 5.43 Å². The van der Waals surface area contributed by atoms with Gasteiger partial charge in [0.15, 0.2) is 18.1 Å². The largest absolute Gasteiger partial charge is 0.483 e. The number of halogens is 1. The Kier molecular flexibility index (Phi) is 5.23. The number of fused-ring (bicyclic) bond motifs is 1. The molecule has 130 valence electrons. The van der Waals surface area contributed by atoms with E-state index in [1.807, 2.05) is 32.0 Å². The van der Waals surface area contributed by atoms with Crippen LogP contribution in [0.4, 0.5) is 0 Å². The van der Waals surface area contributed by atoms with Crippen molar-refractivity contribution in [3.8, 4) is 17.2 Å².